The van der Waals surface area contributed by atoms with Gasteiger partial charge in [-0.3, -0.25) is 14.5 Å². The number of hydrogen-bond donors (Lipinski definition) is 2. The lowest BCUT2D eigenvalue weighted by atomic mass is 10.1. The molecule has 138 valence electrons. The first-order valence-corrected chi connectivity index (χ1v) is 8.02. The zero-order valence-electron chi connectivity index (χ0n) is 14.7. The van der Waals surface area contributed by atoms with Crippen LogP contribution in [0.5, 0.6) is 17.2 Å². The van der Waals surface area contributed by atoms with Crippen molar-refractivity contribution in [3.63, 3.8) is 0 Å². The van der Waals surface area contributed by atoms with Crippen LogP contribution in [0.2, 0.25) is 0 Å². The zero-order chi connectivity index (χ0) is 18.4. The highest BCUT2D eigenvalue weighted by Gasteiger charge is 2.31. The molecule has 1 heterocycles. The van der Waals surface area contributed by atoms with Crippen LogP contribution in [-0.4, -0.2) is 62.3 Å². The zero-order valence-corrected chi connectivity index (χ0v) is 14.7. The molecule has 2 N–H and O–H groups in total. The van der Waals surface area contributed by atoms with Crippen LogP contribution in [-0.2, 0) is 16.1 Å². The minimum Gasteiger partial charge on any atom is -0.496 e. The summed E-state index contributed by atoms with van der Waals surface area (Å²) < 4.78 is 15.8. The van der Waals surface area contributed by atoms with Crippen LogP contribution in [0.4, 0.5) is 0 Å². The molecule has 25 heavy (non-hydrogen) atoms. The van der Waals surface area contributed by atoms with Crippen molar-refractivity contribution in [2.75, 3.05) is 34.4 Å². The number of benzene rings is 1. The highest BCUT2D eigenvalue weighted by atomic mass is 16.5. The predicted molar refractivity (Wildman–Crippen MR) is 90.2 cm³/mol. The second-order valence-electron chi connectivity index (χ2n) is 5.76. The Labute approximate surface area is 146 Å². The largest absolute Gasteiger partial charge is 0.496 e. The van der Waals surface area contributed by atoms with E-state index in [1.54, 1.807) is 17.0 Å². The molecule has 1 fully saturated rings. The number of aliphatic carboxylic acids is 1. The van der Waals surface area contributed by atoms with Crippen LogP contribution in [0.1, 0.15) is 18.4 Å². The molecule has 8 nitrogen and oxygen atoms in total. The third-order valence-electron chi connectivity index (χ3n) is 4.26. The Balaban J connectivity index is 2.00. The van der Waals surface area contributed by atoms with Gasteiger partial charge in [0.15, 0.2) is 11.5 Å². The van der Waals surface area contributed by atoms with E-state index in [1.807, 2.05) is 0 Å². The SMILES string of the molecule is COc1cc(OC)c(OC)cc1CNC(=O)CN1CCCC1C(=O)O. The standard InChI is InChI=1S/C17H24N2O6/c1-23-13-8-15(25-3)14(24-2)7-11(13)9-18-16(20)10-19-6-4-5-12(19)17(21)22/h7-8,12H,4-6,9-10H2,1-3H3,(H,18,20)(H,21,22). The van der Waals surface area contributed by atoms with Crippen molar-refractivity contribution in [3.8, 4) is 17.2 Å². The summed E-state index contributed by atoms with van der Waals surface area (Å²) in [6, 6.07) is 2.86. The van der Waals surface area contributed by atoms with Crippen LogP contribution >= 0.6 is 0 Å². The van der Waals surface area contributed by atoms with Crippen molar-refractivity contribution in [1.82, 2.24) is 10.2 Å². The molecule has 1 amide bonds. The van der Waals surface area contributed by atoms with E-state index in [-0.39, 0.29) is 19.0 Å². The Morgan fingerprint density at radius 3 is 2.40 bits per heavy atom. The molecule has 1 aromatic rings. The van der Waals surface area contributed by atoms with Gasteiger partial charge in [0.1, 0.15) is 11.8 Å². The van der Waals surface area contributed by atoms with Crippen LogP contribution in [0.25, 0.3) is 0 Å². The van der Waals surface area contributed by atoms with E-state index < -0.39 is 12.0 Å². The first-order valence-electron chi connectivity index (χ1n) is 8.02. The molecule has 0 saturated carbocycles. The second kappa shape index (κ2) is 8.57. The van der Waals surface area contributed by atoms with Gasteiger partial charge in [0.25, 0.3) is 0 Å². The van der Waals surface area contributed by atoms with E-state index in [4.69, 9.17) is 19.3 Å². The predicted octanol–water partition coefficient (Wildman–Crippen LogP) is 0.878. The molecule has 8 heteroatoms. The summed E-state index contributed by atoms with van der Waals surface area (Å²) in [5.41, 5.74) is 0.740. The number of nitrogens with zero attached hydrogens (tertiary/aromatic N) is 1. The van der Waals surface area contributed by atoms with Gasteiger partial charge in [0, 0.05) is 18.2 Å². The molecule has 0 aliphatic carbocycles. The lowest BCUT2D eigenvalue weighted by molar-refractivity contribution is -0.142. The number of nitrogens with one attached hydrogen (secondary N) is 1. The van der Waals surface area contributed by atoms with Crippen molar-refractivity contribution in [1.29, 1.82) is 0 Å². The fourth-order valence-electron chi connectivity index (χ4n) is 2.96. The van der Waals surface area contributed by atoms with Crippen molar-refractivity contribution >= 4 is 11.9 Å². The summed E-state index contributed by atoms with van der Waals surface area (Å²) in [4.78, 5) is 25.0. The lowest BCUT2D eigenvalue weighted by Gasteiger charge is -2.20. The molecule has 0 bridgehead atoms. The molecule has 1 atom stereocenters. The smallest absolute Gasteiger partial charge is 0.320 e. The molecular weight excluding hydrogens is 328 g/mol. The Morgan fingerprint density at radius 1 is 1.16 bits per heavy atom. The Hall–Kier alpha value is -2.48. The average Bonchev–Trinajstić information content (AvgIpc) is 3.07. The Bertz CT molecular complexity index is 634. The van der Waals surface area contributed by atoms with Crippen LogP contribution < -0.4 is 19.5 Å². The Morgan fingerprint density at radius 2 is 1.80 bits per heavy atom. The second-order valence-corrected chi connectivity index (χ2v) is 5.76. The number of carbonyl (C=O) groups excluding carboxylic acids is 1. The summed E-state index contributed by atoms with van der Waals surface area (Å²) >= 11 is 0. The molecule has 2 rings (SSSR count). The minimum atomic E-state index is -0.883. The summed E-state index contributed by atoms with van der Waals surface area (Å²) in [5.74, 6) is 0.535. The maximum Gasteiger partial charge on any atom is 0.320 e. The van der Waals surface area contributed by atoms with Gasteiger partial charge in [-0.1, -0.05) is 0 Å². The van der Waals surface area contributed by atoms with Crippen molar-refractivity contribution in [3.05, 3.63) is 17.7 Å². The first kappa shape index (κ1) is 18.9. The third-order valence-corrected chi connectivity index (χ3v) is 4.26. The van der Waals surface area contributed by atoms with Gasteiger partial charge >= 0.3 is 5.97 Å². The van der Waals surface area contributed by atoms with Crippen LogP contribution in [0.15, 0.2) is 12.1 Å². The molecule has 0 aromatic heterocycles. The van der Waals surface area contributed by atoms with Gasteiger partial charge < -0.3 is 24.6 Å². The fourth-order valence-corrected chi connectivity index (χ4v) is 2.96. The van der Waals surface area contributed by atoms with Crippen LogP contribution in [0, 0.1) is 0 Å². The molecular formula is C17H24N2O6. The van der Waals surface area contributed by atoms with Gasteiger partial charge in [-0.25, -0.2) is 0 Å². The minimum absolute atomic E-state index is 0.0621. The molecule has 1 unspecified atom stereocenters. The van der Waals surface area contributed by atoms with Crippen molar-refractivity contribution in [2.45, 2.75) is 25.4 Å². The number of carbonyl (C=O) groups is 2. The van der Waals surface area contributed by atoms with E-state index in [1.165, 1.54) is 21.3 Å². The summed E-state index contributed by atoms with van der Waals surface area (Å²) in [7, 11) is 4.61. The normalized spacial score (nSPS) is 17.2. The summed E-state index contributed by atoms with van der Waals surface area (Å²) in [5, 5.41) is 12.0. The molecule has 0 spiro atoms. The molecule has 1 aliphatic rings. The average molecular weight is 352 g/mol. The molecule has 0 radical (unpaired) electrons. The number of carboxylic acid groups (broad SMARTS) is 1. The summed E-state index contributed by atoms with van der Waals surface area (Å²) in [6.07, 6.45) is 1.36. The maximum absolute atomic E-state index is 12.2. The number of likely N-dealkylation sites (tertiary alicyclic amines) is 1. The quantitative estimate of drug-likeness (QED) is 0.717. The lowest BCUT2D eigenvalue weighted by Crippen LogP contribution is -2.42. The van der Waals surface area contributed by atoms with E-state index >= 15 is 0 Å². The number of amides is 1. The monoisotopic (exact) mass is 352 g/mol. The number of rotatable bonds is 8. The number of hydrogen-bond acceptors (Lipinski definition) is 6. The summed E-state index contributed by atoms with van der Waals surface area (Å²) in [6.45, 7) is 0.921. The topological polar surface area (TPSA) is 97.3 Å². The molecule has 1 aliphatic heterocycles. The third kappa shape index (κ3) is 4.54. The first-order chi connectivity index (χ1) is 12.0. The van der Waals surface area contributed by atoms with Gasteiger partial charge in [-0.2, -0.15) is 0 Å². The van der Waals surface area contributed by atoms with E-state index in [2.05, 4.69) is 5.32 Å². The molecule has 1 aromatic carbocycles. The highest BCUT2D eigenvalue weighted by molar-refractivity contribution is 5.80. The van der Waals surface area contributed by atoms with Crippen molar-refractivity contribution in [2.24, 2.45) is 0 Å². The molecule has 1 saturated heterocycles. The fraction of sp³-hybridized carbons (Fsp3) is 0.529. The Kier molecular flexibility index (Phi) is 6.46. The van der Waals surface area contributed by atoms with E-state index in [0.29, 0.717) is 30.2 Å². The highest BCUT2D eigenvalue weighted by Crippen LogP contribution is 2.34. The van der Waals surface area contributed by atoms with Gasteiger partial charge in [0.2, 0.25) is 5.91 Å². The van der Waals surface area contributed by atoms with Gasteiger partial charge in [0.05, 0.1) is 27.9 Å². The van der Waals surface area contributed by atoms with E-state index in [9.17, 15) is 9.59 Å². The van der Waals surface area contributed by atoms with Crippen molar-refractivity contribution < 1.29 is 28.9 Å². The van der Waals surface area contributed by atoms with E-state index in [0.717, 1.165) is 12.0 Å². The maximum atomic E-state index is 12.2. The van der Waals surface area contributed by atoms with Gasteiger partial charge in [-0.05, 0) is 25.5 Å². The number of methoxy groups -OCH3 is 3. The van der Waals surface area contributed by atoms with Crippen LogP contribution in [0.3, 0.4) is 0 Å². The van der Waals surface area contributed by atoms with Gasteiger partial charge in [-0.15, -0.1) is 0 Å². The number of carboxylic acids is 1. The number of ether oxygens (including phenoxy) is 3.